The second-order valence-electron chi connectivity index (χ2n) is 5.08. The van der Waals surface area contributed by atoms with Gasteiger partial charge < -0.3 is 25.6 Å². The number of nitrogen functional groups attached to an aromatic ring is 1. The molecule has 2 rings (SSSR count). The van der Waals surface area contributed by atoms with Crippen LogP contribution in [0.4, 0.5) is 10.8 Å². The van der Waals surface area contributed by atoms with Crippen molar-refractivity contribution >= 4 is 22.4 Å². The minimum Gasteiger partial charge on any atom is -0.484 e. The summed E-state index contributed by atoms with van der Waals surface area (Å²) in [5.41, 5.74) is 5.05. The molecule has 4 N–H and O–H groups in total. The van der Waals surface area contributed by atoms with Crippen molar-refractivity contribution in [2.24, 2.45) is 0 Å². The number of aromatic nitrogens is 1. The predicted molar refractivity (Wildman–Crippen MR) is 75.8 cm³/mol. The third-order valence-electron chi connectivity index (χ3n) is 3.03. The van der Waals surface area contributed by atoms with Gasteiger partial charge in [0.1, 0.15) is 0 Å². The van der Waals surface area contributed by atoms with Crippen LogP contribution in [-0.2, 0) is 4.74 Å². The Morgan fingerprint density at radius 2 is 2.21 bits per heavy atom. The molecule has 0 bridgehead atoms. The van der Waals surface area contributed by atoms with Crippen molar-refractivity contribution in [1.29, 1.82) is 0 Å². The number of hydrogen-bond acceptors (Lipinski definition) is 7. The Balaban J connectivity index is 1.99. The van der Waals surface area contributed by atoms with E-state index in [1.54, 1.807) is 0 Å². The lowest BCUT2D eigenvalue weighted by Crippen LogP contribution is -2.42. The Hall–Kier alpha value is -1.05. The van der Waals surface area contributed by atoms with Gasteiger partial charge in [-0.25, -0.2) is 0 Å². The molecule has 0 unspecified atom stereocenters. The molecule has 1 aromatic heterocycles. The zero-order valence-electron chi connectivity index (χ0n) is 11.3. The van der Waals surface area contributed by atoms with E-state index in [9.17, 15) is 5.11 Å². The molecule has 19 heavy (non-hydrogen) atoms. The molecule has 6 nitrogen and oxygen atoms in total. The van der Waals surface area contributed by atoms with E-state index in [4.69, 9.17) is 15.2 Å². The van der Waals surface area contributed by atoms with Crippen LogP contribution in [0, 0.1) is 0 Å². The normalized spacial score (nSPS) is 18.5. The van der Waals surface area contributed by atoms with Crippen LogP contribution in [0.2, 0.25) is 0 Å². The highest BCUT2D eigenvalue weighted by atomic mass is 32.1. The Bertz CT molecular complexity index is 416. The van der Waals surface area contributed by atoms with Gasteiger partial charge in [-0.2, -0.15) is 4.37 Å². The molecule has 7 heteroatoms. The van der Waals surface area contributed by atoms with Crippen molar-refractivity contribution in [2.45, 2.75) is 38.4 Å². The summed E-state index contributed by atoms with van der Waals surface area (Å²) in [6.07, 6.45) is 1.30. The van der Waals surface area contributed by atoms with Gasteiger partial charge in [-0.3, -0.25) is 0 Å². The van der Waals surface area contributed by atoms with Gasteiger partial charge in [0, 0.05) is 32.6 Å². The Kier molecular flexibility index (Phi) is 4.49. The van der Waals surface area contributed by atoms with Crippen LogP contribution in [-0.4, -0.2) is 40.9 Å². The molecule has 108 valence electrons. The van der Waals surface area contributed by atoms with E-state index in [1.165, 1.54) is 11.5 Å². The average molecular weight is 287 g/mol. The lowest BCUT2D eigenvalue weighted by Gasteiger charge is -2.32. The van der Waals surface area contributed by atoms with E-state index in [2.05, 4.69) is 9.69 Å². The number of hydrogen-bond donors (Lipinski definition) is 3. The topological polar surface area (TPSA) is 89.6 Å². The summed E-state index contributed by atoms with van der Waals surface area (Å²) >= 11 is 1.25. The summed E-state index contributed by atoms with van der Waals surface area (Å²) in [7, 11) is 0. The maximum Gasteiger partial charge on any atom is 0.197 e. The zero-order chi connectivity index (χ0) is 13.9. The Morgan fingerprint density at radius 1 is 1.53 bits per heavy atom. The van der Waals surface area contributed by atoms with Gasteiger partial charge in [0.25, 0.3) is 0 Å². The maximum absolute atomic E-state index is 10.4. The van der Waals surface area contributed by atoms with E-state index in [1.807, 2.05) is 13.8 Å². The summed E-state index contributed by atoms with van der Waals surface area (Å²) in [5, 5.41) is 14.3. The fourth-order valence-corrected chi connectivity index (χ4v) is 2.57. The van der Waals surface area contributed by atoms with E-state index in [0.29, 0.717) is 44.2 Å². The summed E-state index contributed by atoms with van der Waals surface area (Å²) < 4.78 is 15.0. The lowest BCUT2D eigenvalue weighted by molar-refractivity contribution is -0.0543. The van der Waals surface area contributed by atoms with Crippen LogP contribution in [0.25, 0.3) is 0 Å². The molecule has 0 aliphatic carbocycles. The summed E-state index contributed by atoms with van der Waals surface area (Å²) in [6, 6.07) is 0. The van der Waals surface area contributed by atoms with Gasteiger partial charge in [0.15, 0.2) is 16.6 Å². The molecule has 0 amide bonds. The molecule has 0 spiro atoms. The van der Waals surface area contributed by atoms with Gasteiger partial charge in [0.2, 0.25) is 0 Å². The highest BCUT2D eigenvalue weighted by Gasteiger charge is 2.30. The van der Waals surface area contributed by atoms with Crippen LogP contribution >= 0.6 is 11.5 Å². The largest absolute Gasteiger partial charge is 0.484 e. The predicted octanol–water partition coefficient (Wildman–Crippen LogP) is 1.47. The van der Waals surface area contributed by atoms with Crippen molar-refractivity contribution in [3.8, 4) is 5.75 Å². The van der Waals surface area contributed by atoms with E-state index in [-0.39, 0.29) is 6.10 Å². The highest BCUT2D eigenvalue weighted by Crippen LogP contribution is 2.36. The van der Waals surface area contributed by atoms with Crippen LogP contribution in [0.5, 0.6) is 5.75 Å². The van der Waals surface area contributed by atoms with Gasteiger partial charge in [-0.1, -0.05) is 0 Å². The van der Waals surface area contributed by atoms with Crippen LogP contribution < -0.4 is 15.8 Å². The fraction of sp³-hybridized carbons (Fsp3) is 0.750. The first kappa shape index (κ1) is 14.4. The van der Waals surface area contributed by atoms with Crippen LogP contribution in [0.3, 0.4) is 0 Å². The molecule has 1 saturated heterocycles. The average Bonchev–Trinajstić information content (AvgIpc) is 2.69. The quantitative estimate of drug-likeness (QED) is 0.760. The molecule has 0 aromatic carbocycles. The number of rotatable bonds is 5. The molecule has 0 saturated carbocycles. The zero-order valence-corrected chi connectivity index (χ0v) is 12.1. The molecule has 0 radical (unpaired) electrons. The SMILES string of the molecule is CC(C)Oc1c(N)nsc1NCC1(O)CCOCC1. The molecule has 1 aromatic rings. The number of ether oxygens (including phenoxy) is 2. The monoisotopic (exact) mass is 287 g/mol. The molecule has 1 fully saturated rings. The van der Waals surface area contributed by atoms with Crippen LogP contribution in [0.15, 0.2) is 0 Å². The molecule has 1 aliphatic heterocycles. The summed E-state index contributed by atoms with van der Waals surface area (Å²) in [6.45, 7) is 5.52. The summed E-state index contributed by atoms with van der Waals surface area (Å²) in [5.74, 6) is 0.968. The van der Waals surface area contributed by atoms with Crippen LogP contribution in [0.1, 0.15) is 26.7 Å². The van der Waals surface area contributed by atoms with Crippen molar-refractivity contribution in [1.82, 2.24) is 4.37 Å². The summed E-state index contributed by atoms with van der Waals surface area (Å²) in [4.78, 5) is 0. The minimum absolute atomic E-state index is 0.0328. The smallest absolute Gasteiger partial charge is 0.197 e. The third kappa shape index (κ3) is 3.71. The van der Waals surface area contributed by atoms with Gasteiger partial charge in [-0.15, -0.1) is 0 Å². The Morgan fingerprint density at radius 3 is 2.84 bits per heavy atom. The molecular formula is C12H21N3O3S. The second kappa shape index (κ2) is 5.94. The van der Waals surface area contributed by atoms with Gasteiger partial charge in [0.05, 0.1) is 11.7 Å². The molecular weight excluding hydrogens is 266 g/mol. The number of nitrogens with two attached hydrogens (primary N) is 1. The van der Waals surface area contributed by atoms with E-state index >= 15 is 0 Å². The number of nitrogens with one attached hydrogen (secondary N) is 1. The highest BCUT2D eigenvalue weighted by molar-refractivity contribution is 7.11. The van der Waals surface area contributed by atoms with E-state index < -0.39 is 5.60 Å². The number of aliphatic hydroxyl groups is 1. The number of nitrogens with zero attached hydrogens (tertiary/aromatic N) is 1. The van der Waals surface area contributed by atoms with Crippen molar-refractivity contribution in [2.75, 3.05) is 30.8 Å². The molecule has 0 atom stereocenters. The molecule has 2 heterocycles. The lowest BCUT2D eigenvalue weighted by atomic mass is 9.94. The molecule has 1 aliphatic rings. The fourth-order valence-electron chi connectivity index (χ4n) is 1.93. The second-order valence-corrected chi connectivity index (χ2v) is 5.86. The minimum atomic E-state index is -0.730. The first-order valence-electron chi connectivity index (χ1n) is 6.46. The first-order chi connectivity index (χ1) is 9.00. The number of anilines is 2. The van der Waals surface area contributed by atoms with Gasteiger partial charge in [-0.05, 0) is 25.4 Å². The standard InChI is InChI=1S/C12H21N3O3S/c1-8(2)18-9-10(13)15-19-11(9)14-7-12(16)3-5-17-6-4-12/h8,14,16H,3-7H2,1-2H3,(H2,13,15). The third-order valence-corrected chi connectivity index (χ3v) is 3.83. The first-order valence-corrected chi connectivity index (χ1v) is 7.23. The van der Waals surface area contributed by atoms with E-state index in [0.717, 1.165) is 5.00 Å². The van der Waals surface area contributed by atoms with Crippen molar-refractivity contribution in [3.05, 3.63) is 0 Å². The van der Waals surface area contributed by atoms with Crippen molar-refractivity contribution < 1.29 is 14.6 Å². The van der Waals surface area contributed by atoms with Gasteiger partial charge >= 0.3 is 0 Å². The Labute approximate surface area is 117 Å². The maximum atomic E-state index is 10.4. The van der Waals surface area contributed by atoms with Crippen molar-refractivity contribution in [3.63, 3.8) is 0 Å².